The largest absolute Gasteiger partial charge is 0.481 e. The maximum absolute atomic E-state index is 12.2. The lowest BCUT2D eigenvalue weighted by atomic mass is 9.95. The first kappa shape index (κ1) is 13.5. The minimum Gasteiger partial charge on any atom is -0.481 e. The maximum atomic E-state index is 12.2. The number of ether oxygens (including phenoxy) is 1. The fraction of sp³-hybridized carbons (Fsp3) is 0.588. The van der Waals surface area contributed by atoms with Crippen molar-refractivity contribution < 1.29 is 9.53 Å². The molecule has 2 aliphatic carbocycles. The second-order valence-corrected chi connectivity index (χ2v) is 6.37. The third-order valence-corrected chi connectivity index (χ3v) is 4.74. The summed E-state index contributed by atoms with van der Waals surface area (Å²) in [5, 5.41) is 3.18. The molecule has 4 atom stereocenters. The molecule has 2 bridgehead atoms. The molecule has 2 saturated carbocycles. The van der Waals surface area contributed by atoms with E-state index in [0.717, 1.165) is 23.7 Å². The predicted molar refractivity (Wildman–Crippen MR) is 78.6 cm³/mol. The molecule has 3 rings (SSSR count). The molecular weight excluding hydrogens is 250 g/mol. The van der Waals surface area contributed by atoms with E-state index in [0.29, 0.717) is 12.0 Å². The Morgan fingerprint density at radius 3 is 2.85 bits per heavy atom. The molecule has 3 heteroatoms. The van der Waals surface area contributed by atoms with Gasteiger partial charge in [0.2, 0.25) is 0 Å². The van der Waals surface area contributed by atoms with Crippen molar-refractivity contribution in [2.45, 2.75) is 51.7 Å². The highest BCUT2D eigenvalue weighted by molar-refractivity contribution is 5.81. The number of carbonyl (C=O) groups is 1. The summed E-state index contributed by atoms with van der Waals surface area (Å²) in [7, 11) is 0. The van der Waals surface area contributed by atoms with Gasteiger partial charge in [-0.05, 0) is 62.6 Å². The van der Waals surface area contributed by atoms with Crippen molar-refractivity contribution >= 4 is 5.91 Å². The quantitative estimate of drug-likeness (QED) is 0.915. The van der Waals surface area contributed by atoms with E-state index in [1.165, 1.54) is 19.3 Å². The van der Waals surface area contributed by atoms with Gasteiger partial charge in [-0.25, -0.2) is 0 Å². The zero-order chi connectivity index (χ0) is 14.1. The van der Waals surface area contributed by atoms with Crippen LogP contribution in [0.1, 0.15) is 38.2 Å². The van der Waals surface area contributed by atoms with Crippen LogP contribution in [-0.4, -0.2) is 18.1 Å². The number of hydrogen-bond donors (Lipinski definition) is 1. The van der Waals surface area contributed by atoms with Crippen LogP contribution >= 0.6 is 0 Å². The molecule has 3 nitrogen and oxygen atoms in total. The Kier molecular flexibility index (Phi) is 3.68. The smallest absolute Gasteiger partial charge is 0.261 e. The van der Waals surface area contributed by atoms with Gasteiger partial charge in [0.25, 0.3) is 5.91 Å². The van der Waals surface area contributed by atoms with E-state index >= 15 is 0 Å². The lowest BCUT2D eigenvalue weighted by Gasteiger charge is -2.24. The van der Waals surface area contributed by atoms with Crippen molar-refractivity contribution in [1.82, 2.24) is 5.32 Å². The molecule has 0 spiro atoms. The van der Waals surface area contributed by atoms with Crippen LogP contribution in [0.5, 0.6) is 5.75 Å². The van der Waals surface area contributed by atoms with Gasteiger partial charge < -0.3 is 10.1 Å². The molecule has 1 amide bonds. The van der Waals surface area contributed by atoms with Gasteiger partial charge >= 0.3 is 0 Å². The van der Waals surface area contributed by atoms with Crippen molar-refractivity contribution in [3.05, 3.63) is 29.8 Å². The number of nitrogens with one attached hydrogen (secondary N) is 1. The standard InChI is InChI=1S/C17H23NO2/c1-11-4-3-5-15(8-11)20-12(2)17(19)18-16-10-13-6-7-14(16)9-13/h3-5,8,12-14,16H,6-7,9-10H2,1-2H3,(H,18,19)/t12-,13-,14-,16+/m0/s1. The predicted octanol–water partition coefficient (Wildman–Crippen LogP) is 3.07. The fourth-order valence-electron chi connectivity index (χ4n) is 3.67. The number of fused-ring (bicyclic) bond motifs is 2. The molecule has 1 N–H and O–H groups in total. The second kappa shape index (κ2) is 5.47. The van der Waals surface area contributed by atoms with Crippen LogP contribution in [0.15, 0.2) is 24.3 Å². The first-order valence-corrected chi connectivity index (χ1v) is 7.65. The fourth-order valence-corrected chi connectivity index (χ4v) is 3.67. The molecular formula is C17H23NO2. The Balaban J connectivity index is 1.54. The normalized spacial score (nSPS) is 29.2. The first-order valence-electron chi connectivity index (χ1n) is 7.65. The van der Waals surface area contributed by atoms with E-state index in [2.05, 4.69) is 5.32 Å². The summed E-state index contributed by atoms with van der Waals surface area (Å²) in [6, 6.07) is 8.21. The molecule has 0 unspecified atom stereocenters. The van der Waals surface area contributed by atoms with Gasteiger partial charge in [0, 0.05) is 6.04 Å². The molecule has 0 aromatic heterocycles. The average Bonchev–Trinajstić information content (AvgIpc) is 3.01. The van der Waals surface area contributed by atoms with Gasteiger partial charge in [0.1, 0.15) is 5.75 Å². The molecule has 1 aromatic carbocycles. The van der Waals surface area contributed by atoms with E-state index in [1.54, 1.807) is 0 Å². The number of benzene rings is 1. The van der Waals surface area contributed by atoms with Crippen molar-refractivity contribution in [3.8, 4) is 5.75 Å². The Morgan fingerprint density at radius 1 is 1.35 bits per heavy atom. The minimum atomic E-state index is -0.434. The monoisotopic (exact) mass is 273 g/mol. The van der Waals surface area contributed by atoms with Crippen molar-refractivity contribution in [3.63, 3.8) is 0 Å². The van der Waals surface area contributed by atoms with Crippen molar-refractivity contribution in [2.75, 3.05) is 0 Å². The number of carbonyl (C=O) groups excluding carboxylic acids is 1. The van der Waals surface area contributed by atoms with Crippen LogP contribution < -0.4 is 10.1 Å². The summed E-state index contributed by atoms with van der Waals surface area (Å²) in [5.41, 5.74) is 1.14. The molecule has 0 aliphatic heterocycles. The van der Waals surface area contributed by atoms with Gasteiger partial charge in [-0.2, -0.15) is 0 Å². The maximum Gasteiger partial charge on any atom is 0.261 e. The molecule has 0 heterocycles. The van der Waals surface area contributed by atoms with E-state index in [1.807, 2.05) is 38.1 Å². The number of aryl methyl sites for hydroxylation is 1. The average molecular weight is 273 g/mol. The van der Waals surface area contributed by atoms with E-state index < -0.39 is 6.10 Å². The van der Waals surface area contributed by atoms with Crippen molar-refractivity contribution in [2.24, 2.45) is 11.8 Å². The first-order chi connectivity index (χ1) is 9.61. The van der Waals surface area contributed by atoms with E-state index in [9.17, 15) is 4.79 Å². The Bertz CT molecular complexity index is 500. The van der Waals surface area contributed by atoms with Gasteiger partial charge in [-0.3, -0.25) is 4.79 Å². The minimum absolute atomic E-state index is 0.0176. The van der Waals surface area contributed by atoms with Gasteiger partial charge in [0.15, 0.2) is 6.10 Å². The zero-order valence-electron chi connectivity index (χ0n) is 12.3. The highest BCUT2D eigenvalue weighted by atomic mass is 16.5. The lowest BCUT2D eigenvalue weighted by molar-refractivity contribution is -0.128. The molecule has 2 fully saturated rings. The summed E-state index contributed by atoms with van der Waals surface area (Å²) < 4.78 is 5.74. The lowest BCUT2D eigenvalue weighted by Crippen LogP contribution is -2.44. The molecule has 2 aliphatic rings. The second-order valence-electron chi connectivity index (χ2n) is 6.37. The topological polar surface area (TPSA) is 38.3 Å². The van der Waals surface area contributed by atoms with Crippen molar-refractivity contribution in [1.29, 1.82) is 0 Å². The molecule has 0 saturated heterocycles. The Labute approximate surface area is 120 Å². The number of amides is 1. The van der Waals surface area contributed by atoms with Gasteiger partial charge in [0.05, 0.1) is 0 Å². The zero-order valence-corrected chi connectivity index (χ0v) is 12.3. The summed E-state index contributed by atoms with van der Waals surface area (Å²) in [6.45, 7) is 3.84. The van der Waals surface area contributed by atoms with Crippen LogP contribution in [0, 0.1) is 18.8 Å². The Morgan fingerprint density at radius 2 is 2.20 bits per heavy atom. The summed E-state index contributed by atoms with van der Waals surface area (Å²) in [5.74, 6) is 2.33. The molecule has 20 heavy (non-hydrogen) atoms. The van der Waals surface area contributed by atoms with Crippen LogP contribution in [-0.2, 0) is 4.79 Å². The van der Waals surface area contributed by atoms with Gasteiger partial charge in [-0.1, -0.05) is 18.6 Å². The van der Waals surface area contributed by atoms with Gasteiger partial charge in [-0.15, -0.1) is 0 Å². The molecule has 108 valence electrons. The number of rotatable bonds is 4. The third-order valence-electron chi connectivity index (χ3n) is 4.74. The molecule has 1 aromatic rings. The summed E-state index contributed by atoms with van der Waals surface area (Å²) in [4.78, 5) is 12.2. The third kappa shape index (κ3) is 2.82. The highest BCUT2D eigenvalue weighted by Gasteiger charge is 2.40. The number of hydrogen-bond acceptors (Lipinski definition) is 2. The Hall–Kier alpha value is -1.51. The van der Waals surface area contributed by atoms with Crippen LogP contribution in [0.4, 0.5) is 0 Å². The SMILES string of the molecule is Cc1cccc(O[C@@H](C)C(=O)N[C@@H]2C[C@H]3CC[C@H]2C3)c1. The summed E-state index contributed by atoms with van der Waals surface area (Å²) >= 11 is 0. The van der Waals surface area contributed by atoms with E-state index in [-0.39, 0.29) is 5.91 Å². The van der Waals surface area contributed by atoms with Crippen LogP contribution in [0.25, 0.3) is 0 Å². The summed E-state index contributed by atoms with van der Waals surface area (Å²) in [6.07, 6.45) is 4.66. The highest BCUT2D eigenvalue weighted by Crippen LogP contribution is 2.44. The van der Waals surface area contributed by atoms with Crippen LogP contribution in [0.3, 0.4) is 0 Å². The molecule has 0 radical (unpaired) electrons. The van der Waals surface area contributed by atoms with E-state index in [4.69, 9.17) is 4.74 Å². The van der Waals surface area contributed by atoms with Crippen LogP contribution in [0.2, 0.25) is 0 Å².